The average molecular weight is 583 g/mol. The Balaban J connectivity index is 0.000000451. The number of aliphatic carboxylic acids is 1. The molecule has 6 rings (SSSR count). The van der Waals surface area contributed by atoms with Crippen molar-refractivity contribution in [3.8, 4) is 11.3 Å². The molecule has 2 aromatic heterocycles. The smallest absolute Gasteiger partial charge is 0.475 e. The van der Waals surface area contributed by atoms with Crippen LogP contribution in [0.25, 0.3) is 23.4 Å². The molecule has 13 heteroatoms. The Morgan fingerprint density at radius 2 is 1.71 bits per heavy atom. The number of hydrogen-bond donors (Lipinski definition) is 2. The number of pyridine rings is 1. The Labute approximate surface area is 239 Å². The number of rotatable bonds is 3. The van der Waals surface area contributed by atoms with Gasteiger partial charge in [0, 0.05) is 55.6 Å². The molecular weight excluding hydrogens is 553 g/mol. The molecule has 0 saturated carbocycles. The highest BCUT2D eigenvalue weighted by molar-refractivity contribution is 5.97. The van der Waals surface area contributed by atoms with Crippen LogP contribution in [0.4, 0.5) is 13.2 Å². The standard InChI is InChI=1S/C27H28N6O2.C2HF3O2/c1-31-12-14-32(15-13-31)27(35)19-5-2-18(3-6-19)4-8-21-16-23-20(17-29-21)7-9-22-24(23)30-33-11-10-28-26(34)25(22)33;3-2(4,5)1(6)7/h2-6,8,16-17H,7,9-15H2,1H3,(H,28,34);(H,6,7)/b8-4+;. The molecule has 3 aromatic rings. The van der Waals surface area contributed by atoms with E-state index in [4.69, 9.17) is 15.0 Å². The molecule has 4 heterocycles. The van der Waals surface area contributed by atoms with Crippen molar-refractivity contribution in [3.63, 3.8) is 0 Å². The van der Waals surface area contributed by atoms with E-state index in [0.29, 0.717) is 18.8 Å². The molecule has 1 aliphatic carbocycles. The number of carbonyl (C=O) groups excluding carboxylic acids is 2. The Morgan fingerprint density at radius 3 is 2.38 bits per heavy atom. The van der Waals surface area contributed by atoms with Crippen LogP contribution in [0.1, 0.15) is 43.2 Å². The maximum Gasteiger partial charge on any atom is 0.490 e. The minimum atomic E-state index is -5.08. The summed E-state index contributed by atoms with van der Waals surface area (Å²) in [5.41, 5.74) is 7.44. The number of carbonyl (C=O) groups is 3. The van der Waals surface area contributed by atoms with Crippen LogP contribution in [0.3, 0.4) is 0 Å². The number of hydrogen-bond acceptors (Lipinski definition) is 6. The highest BCUT2D eigenvalue weighted by Crippen LogP contribution is 2.35. The van der Waals surface area contributed by atoms with E-state index in [-0.39, 0.29) is 11.8 Å². The molecular formula is C29H29F3N6O4. The van der Waals surface area contributed by atoms with Gasteiger partial charge < -0.3 is 20.2 Å². The lowest BCUT2D eigenvalue weighted by Gasteiger charge is -2.32. The van der Waals surface area contributed by atoms with Crippen LogP contribution >= 0.6 is 0 Å². The minimum Gasteiger partial charge on any atom is -0.475 e. The Morgan fingerprint density at radius 1 is 1.02 bits per heavy atom. The zero-order valence-electron chi connectivity index (χ0n) is 22.8. The summed E-state index contributed by atoms with van der Waals surface area (Å²) >= 11 is 0. The predicted octanol–water partition coefficient (Wildman–Crippen LogP) is 2.98. The molecule has 10 nitrogen and oxygen atoms in total. The van der Waals surface area contributed by atoms with E-state index in [1.165, 1.54) is 0 Å². The Kier molecular flexibility index (Phi) is 8.12. The van der Waals surface area contributed by atoms with Gasteiger partial charge in [0.2, 0.25) is 0 Å². The molecule has 0 bridgehead atoms. The topological polar surface area (TPSA) is 121 Å². The first-order valence-corrected chi connectivity index (χ1v) is 13.4. The van der Waals surface area contributed by atoms with Gasteiger partial charge in [-0.05, 0) is 55.3 Å². The van der Waals surface area contributed by atoms with Gasteiger partial charge in [-0.3, -0.25) is 19.3 Å². The molecule has 1 saturated heterocycles. The zero-order chi connectivity index (χ0) is 30.0. The highest BCUT2D eigenvalue weighted by atomic mass is 19.4. The molecule has 1 fully saturated rings. The van der Waals surface area contributed by atoms with E-state index >= 15 is 0 Å². The predicted molar refractivity (Wildman–Crippen MR) is 148 cm³/mol. The summed E-state index contributed by atoms with van der Waals surface area (Å²) in [6, 6.07) is 9.80. The molecule has 42 heavy (non-hydrogen) atoms. The van der Waals surface area contributed by atoms with Gasteiger partial charge in [0.15, 0.2) is 0 Å². The van der Waals surface area contributed by atoms with Crippen LogP contribution in [0, 0.1) is 0 Å². The van der Waals surface area contributed by atoms with Gasteiger partial charge in [0.05, 0.1) is 17.9 Å². The number of amides is 2. The van der Waals surface area contributed by atoms with Crippen molar-refractivity contribution in [1.29, 1.82) is 0 Å². The lowest BCUT2D eigenvalue weighted by atomic mass is 9.89. The van der Waals surface area contributed by atoms with E-state index in [9.17, 15) is 22.8 Å². The van der Waals surface area contributed by atoms with Crippen molar-refractivity contribution in [2.45, 2.75) is 25.6 Å². The summed E-state index contributed by atoms with van der Waals surface area (Å²) < 4.78 is 33.6. The molecule has 0 radical (unpaired) electrons. The van der Waals surface area contributed by atoms with Crippen molar-refractivity contribution in [1.82, 2.24) is 29.9 Å². The largest absolute Gasteiger partial charge is 0.490 e. The van der Waals surface area contributed by atoms with E-state index in [2.05, 4.69) is 28.3 Å². The van der Waals surface area contributed by atoms with Crippen molar-refractivity contribution < 1.29 is 32.7 Å². The van der Waals surface area contributed by atoms with Crippen LogP contribution < -0.4 is 5.32 Å². The number of halogens is 3. The number of nitrogens with one attached hydrogen (secondary N) is 1. The number of alkyl halides is 3. The van der Waals surface area contributed by atoms with Gasteiger partial charge in [-0.1, -0.05) is 18.2 Å². The number of fused-ring (bicyclic) bond motifs is 5. The summed E-state index contributed by atoms with van der Waals surface area (Å²) in [4.78, 5) is 42.9. The van der Waals surface area contributed by atoms with Crippen molar-refractivity contribution in [2.75, 3.05) is 39.8 Å². The number of carboxylic acids is 1. The van der Waals surface area contributed by atoms with Gasteiger partial charge in [0.25, 0.3) is 11.8 Å². The zero-order valence-corrected chi connectivity index (χ0v) is 22.8. The maximum atomic E-state index is 12.8. The second-order valence-electron chi connectivity index (χ2n) is 10.3. The summed E-state index contributed by atoms with van der Waals surface area (Å²) in [6.45, 7) is 4.69. The molecule has 220 valence electrons. The lowest BCUT2D eigenvalue weighted by Crippen LogP contribution is -2.47. The third-order valence-electron chi connectivity index (χ3n) is 7.42. The first kappa shape index (κ1) is 29.0. The fourth-order valence-corrected chi connectivity index (χ4v) is 5.11. The van der Waals surface area contributed by atoms with Crippen molar-refractivity contribution >= 4 is 29.9 Å². The monoisotopic (exact) mass is 582 g/mol. The molecule has 0 atom stereocenters. The van der Waals surface area contributed by atoms with E-state index in [0.717, 1.165) is 78.2 Å². The number of aromatic nitrogens is 3. The molecule has 1 aromatic carbocycles. The Hall–Kier alpha value is -4.52. The molecule has 2 amide bonds. The summed E-state index contributed by atoms with van der Waals surface area (Å²) in [5.74, 6) is -2.69. The SMILES string of the molecule is CN1CCN(C(=O)c2ccc(/C=C/c3cc4c(cn3)CCc3c-4nn4c3C(=O)NCC4)cc2)CC1.O=C(O)C(F)(F)F. The number of carboxylic acid groups (broad SMARTS) is 1. The quantitative estimate of drug-likeness (QED) is 0.487. The van der Waals surface area contributed by atoms with Crippen molar-refractivity contribution in [2.24, 2.45) is 0 Å². The fourth-order valence-electron chi connectivity index (χ4n) is 5.11. The minimum absolute atomic E-state index is 0.0304. The third-order valence-corrected chi connectivity index (χ3v) is 7.42. The summed E-state index contributed by atoms with van der Waals surface area (Å²) in [7, 11) is 2.08. The maximum absolute atomic E-state index is 12.8. The number of likely N-dealkylation sites (N-methyl/N-ethyl adjacent to an activating group) is 1. The van der Waals surface area contributed by atoms with E-state index in [1.807, 2.05) is 52.2 Å². The van der Waals surface area contributed by atoms with Crippen LogP contribution in [0.2, 0.25) is 0 Å². The number of aryl methyl sites for hydroxylation is 1. The van der Waals surface area contributed by atoms with Crippen LogP contribution in [-0.2, 0) is 24.2 Å². The van der Waals surface area contributed by atoms with Crippen molar-refractivity contribution in [3.05, 3.63) is 70.2 Å². The Bertz CT molecular complexity index is 1540. The molecule has 3 aliphatic rings. The highest BCUT2D eigenvalue weighted by Gasteiger charge is 2.38. The second kappa shape index (κ2) is 11.8. The second-order valence-corrected chi connectivity index (χ2v) is 10.3. The molecule has 0 unspecified atom stereocenters. The first-order chi connectivity index (χ1) is 20.0. The van der Waals surface area contributed by atoms with Crippen LogP contribution in [0.5, 0.6) is 0 Å². The number of benzene rings is 1. The summed E-state index contributed by atoms with van der Waals surface area (Å²) in [5, 5.41) is 14.8. The fraction of sp³-hybridized carbons (Fsp3) is 0.345. The summed E-state index contributed by atoms with van der Waals surface area (Å²) in [6.07, 6.45) is 2.49. The molecule has 2 N–H and O–H groups in total. The first-order valence-electron chi connectivity index (χ1n) is 13.4. The van der Waals surface area contributed by atoms with Crippen LogP contribution in [-0.4, -0.2) is 93.4 Å². The average Bonchev–Trinajstić information content (AvgIpc) is 3.37. The van der Waals surface area contributed by atoms with Gasteiger partial charge in [-0.25, -0.2) is 4.79 Å². The van der Waals surface area contributed by atoms with Crippen LogP contribution in [0.15, 0.2) is 36.5 Å². The lowest BCUT2D eigenvalue weighted by molar-refractivity contribution is -0.192. The number of nitrogens with zero attached hydrogens (tertiary/aromatic N) is 5. The molecule has 0 spiro atoms. The van der Waals surface area contributed by atoms with E-state index in [1.54, 1.807) is 0 Å². The van der Waals surface area contributed by atoms with E-state index < -0.39 is 12.1 Å². The third kappa shape index (κ3) is 6.20. The molecule has 2 aliphatic heterocycles. The van der Waals surface area contributed by atoms with Gasteiger partial charge in [-0.2, -0.15) is 18.3 Å². The van der Waals surface area contributed by atoms with Gasteiger partial charge >= 0.3 is 12.1 Å². The number of piperazine rings is 1. The van der Waals surface area contributed by atoms with Gasteiger partial charge in [-0.15, -0.1) is 0 Å². The van der Waals surface area contributed by atoms with Gasteiger partial charge in [0.1, 0.15) is 5.69 Å². The normalized spacial score (nSPS) is 16.6.